The van der Waals surface area contributed by atoms with Crippen molar-refractivity contribution in [3.8, 4) is 0 Å². The molecule has 90 valence electrons. The maximum atomic E-state index is 10.9. The zero-order valence-electron chi connectivity index (χ0n) is 9.90. The van der Waals surface area contributed by atoms with Crippen molar-refractivity contribution in [1.29, 1.82) is 0 Å². The van der Waals surface area contributed by atoms with E-state index in [4.69, 9.17) is 0 Å². The maximum Gasteiger partial charge on any atom is 0.292 e. The van der Waals surface area contributed by atoms with Gasteiger partial charge in [-0.25, -0.2) is 0 Å². The molecule has 0 bridgehead atoms. The first-order valence-corrected chi connectivity index (χ1v) is 6.08. The summed E-state index contributed by atoms with van der Waals surface area (Å²) in [5.74, 6) is 0. The van der Waals surface area contributed by atoms with Gasteiger partial charge in [0.1, 0.15) is 0 Å². The molecule has 0 amide bonds. The molecule has 0 saturated carbocycles. The van der Waals surface area contributed by atoms with Crippen LogP contribution in [0.3, 0.4) is 0 Å². The van der Waals surface area contributed by atoms with E-state index in [9.17, 15) is 10.1 Å². The molecule has 0 unspecified atom stereocenters. The lowest BCUT2D eigenvalue weighted by atomic mass is 10.1. The van der Waals surface area contributed by atoms with Gasteiger partial charge >= 0.3 is 0 Å². The van der Waals surface area contributed by atoms with E-state index in [0.29, 0.717) is 15.4 Å². The van der Waals surface area contributed by atoms with Gasteiger partial charge in [-0.15, -0.1) is 0 Å². The number of hydrogen-bond acceptors (Lipinski definition) is 3. The number of nitro benzene ring substituents is 1. The molecule has 0 fully saturated rings. The molecule has 0 spiro atoms. The van der Waals surface area contributed by atoms with Crippen molar-refractivity contribution >= 4 is 32.5 Å². The SMILES string of the molecule is CC.Cc1cnc2ccc(Br)c([N+](=O)[O-])c2c1. The molecule has 1 aromatic heterocycles. The van der Waals surface area contributed by atoms with Gasteiger partial charge in [0.2, 0.25) is 0 Å². The van der Waals surface area contributed by atoms with Gasteiger partial charge in [0.05, 0.1) is 20.3 Å². The van der Waals surface area contributed by atoms with E-state index < -0.39 is 4.92 Å². The van der Waals surface area contributed by atoms with Crippen LogP contribution in [0.15, 0.2) is 28.9 Å². The van der Waals surface area contributed by atoms with Gasteiger partial charge in [-0.2, -0.15) is 0 Å². The number of hydrogen-bond donors (Lipinski definition) is 0. The summed E-state index contributed by atoms with van der Waals surface area (Å²) in [6.07, 6.45) is 1.69. The molecule has 17 heavy (non-hydrogen) atoms. The Balaban J connectivity index is 0.000000686. The normalized spacial score (nSPS) is 9.65. The average Bonchev–Trinajstić information content (AvgIpc) is 2.30. The predicted octanol–water partition coefficient (Wildman–Crippen LogP) is 4.24. The van der Waals surface area contributed by atoms with Crippen molar-refractivity contribution in [2.75, 3.05) is 0 Å². The lowest BCUT2D eigenvalue weighted by Gasteiger charge is -2.01. The third-order valence-electron chi connectivity index (χ3n) is 2.11. The summed E-state index contributed by atoms with van der Waals surface area (Å²) in [6.45, 7) is 5.86. The van der Waals surface area contributed by atoms with E-state index in [1.165, 1.54) is 0 Å². The highest BCUT2D eigenvalue weighted by atomic mass is 79.9. The van der Waals surface area contributed by atoms with Gasteiger partial charge in [0, 0.05) is 6.20 Å². The number of benzene rings is 1. The summed E-state index contributed by atoms with van der Waals surface area (Å²) in [5, 5.41) is 11.5. The monoisotopic (exact) mass is 296 g/mol. The summed E-state index contributed by atoms with van der Waals surface area (Å²) in [7, 11) is 0. The second kappa shape index (κ2) is 5.72. The van der Waals surface area contributed by atoms with Gasteiger partial charge in [-0.1, -0.05) is 13.8 Å². The Labute approximate surface area is 108 Å². The molecule has 2 aromatic rings. The van der Waals surface area contributed by atoms with E-state index in [2.05, 4.69) is 20.9 Å². The van der Waals surface area contributed by atoms with Crippen molar-refractivity contribution in [2.45, 2.75) is 20.8 Å². The maximum absolute atomic E-state index is 10.9. The summed E-state index contributed by atoms with van der Waals surface area (Å²) in [6, 6.07) is 5.17. The number of fused-ring (bicyclic) bond motifs is 1. The fraction of sp³-hybridized carbons (Fsp3) is 0.250. The number of nitro groups is 1. The second-order valence-electron chi connectivity index (χ2n) is 3.23. The average molecular weight is 297 g/mol. The Morgan fingerprint density at radius 1 is 1.35 bits per heavy atom. The first-order chi connectivity index (χ1) is 8.09. The molecule has 1 heterocycles. The predicted molar refractivity (Wildman–Crippen MR) is 72.2 cm³/mol. The summed E-state index contributed by atoms with van der Waals surface area (Å²) in [4.78, 5) is 14.6. The first-order valence-electron chi connectivity index (χ1n) is 5.29. The standard InChI is InChI=1S/C10H7BrN2O2.C2H6/c1-6-4-7-9(12-5-6)3-2-8(11)10(7)13(14)15;1-2/h2-5H,1H3;1-2H3. The Morgan fingerprint density at radius 2 is 2.00 bits per heavy atom. The molecule has 4 nitrogen and oxygen atoms in total. The number of halogens is 1. The van der Waals surface area contributed by atoms with Gasteiger partial charge in [-0.3, -0.25) is 15.1 Å². The molecular weight excluding hydrogens is 284 g/mol. The molecule has 0 atom stereocenters. The molecule has 0 saturated heterocycles. The summed E-state index contributed by atoms with van der Waals surface area (Å²) in [5.41, 5.74) is 1.61. The molecule has 5 heteroatoms. The highest BCUT2D eigenvalue weighted by Gasteiger charge is 2.17. The van der Waals surface area contributed by atoms with Crippen LogP contribution in [0.25, 0.3) is 10.9 Å². The molecule has 0 aliphatic heterocycles. The number of rotatable bonds is 1. The van der Waals surface area contributed by atoms with E-state index in [0.717, 1.165) is 5.56 Å². The number of aromatic nitrogens is 1. The molecule has 0 radical (unpaired) electrons. The van der Waals surface area contributed by atoms with Gasteiger partial charge in [0.25, 0.3) is 5.69 Å². The largest absolute Gasteiger partial charge is 0.292 e. The van der Waals surface area contributed by atoms with Crippen LogP contribution in [0.2, 0.25) is 0 Å². The molecular formula is C12H13BrN2O2. The summed E-state index contributed by atoms with van der Waals surface area (Å²) >= 11 is 3.17. The van der Waals surface area contributed by atoms with Gasteiger partial charge < -0.3 is 0 Å². The number of nitrogens with zero attached hydrogens (tertiary/aromatic N) is 2. The molecule has 1 aromatic carbocycles. The van der Waals surface area contributed by atoms with Crippen molar-refractivity contribution < 1.29 is 4.92 Å². The van der Waals surface area contributed by atoms with E-state index >= 15 is 0 Å². The fourth-order valence-electron chi connectivity index (χ4n) is 1.45. The third kappa shape index (κ3) is 2.79. The topological polar surface area (TPSA) is 56.0 Å². The van der Waals surface area contributed by atoms with Crippen LogP contribution < -0.4 is 0 Å². The van der Waals surface area contributed by atoms with Crippen LogP contribution in [-0.4, -0.2) is 9.91 Å². The van der Waals surface area contributed by atoms with Crippen molar-refractivity contribution in [2.24, 2.45) is 0 Å². The fourth-order valence-corrected chi connectivity index (χ4v) is 1.94. The minimum absolute atomic E-state index is 0.0729. The Bertz CT molecular complexity index is 550. The Kier molecular flexibility index (Phi) is 4.57. The van der Waals surface area contributed by atoms with Crippen LogP contribution in [-0.2, 0) is 0 Å². The zero-order chi connectivity index (χ0) is 13.0. The molecule has 0 aliphatic rings. The van der Waals surface area contributed by atoms with Crippen LogP contribution in [0.4, 0.5) is 5.69 Å². The zero-order valence-corrected chi connectivity index (χ0v) is 11.5. The van der Waals surface area contributed by atoms with Crippen molar-refractivity contribution in [1.82, 2.24) is 4.98 Å². The van der Waals surface area contributed by atoms with Crippen LogP contribution in [0.5, 0.6) is 0 Å². The van der Waals surface area contributed by atoms with E-state index in [1.807, 2.05) is 20.8 Å². The summed E-state index contributed by atoms with van der Waals surface area (Å²) < 4.78 is 0.479. The molecule has 0 N–H and O–H groups in total. The second-order valence-corrected chi connectivity index (χ2v) is 4.09. The smallest absolute Gasteiger partial charge is 0.258 e. The van der Waals surface area contributed by atoms with Gasteiger partial charge in [-0.05, 0) is 46.6 Å². The van der Waals surface area contributed by atoms with Gasteiger partial charge in [0.15, 0.2) is 0 Å². The minimum atomic E-state index is -0.395. The first kappa shape index (κ1) is 13.6. The number of aryl methyl sites for hydroxylation is 1. The number of pyridine rings is 1. The quantitative estimate of drug-likeness (QED) is 0.584. The lowest BCUT2D eigenvalue weighted by Crippen LogP contribution is -1.92. The van der Waals surface area contributed by atoms with Crippen LogP contribution in [0, 0.1) is 17.0 Å². The Hall–Kier alpha value is -1.49. The van der Waals surface area contributed by atoms with E-state index in [-0.39, 0.29) is 5.69 Å². The third-order valence-corrected chi connectivity index (χ3v) is 2.75. The van der Waals surface area contributed by atoms with Crippen LogP contribution in [0.1, 0.15) is 19.4 Å². The molecule has 2 rings (SSSR count). The molecule has 0 aliphatic carbocycles. The Morgan fingerprint density at radius 3 is 2.59 bits per heavy atom. The van der Waals surface area contributed by atoms with Crippen molar-refractivity contribution in [3.05, 3.63) is 44.5 Å². The van der Waals surface area contributed by atoms with E-state index in [1.54, 1.807) is 24.4 Å². The highest BCUT2D eigenvalue weighted by molar-refractivity contribution is 9.10. The van der Waals surface area contributed by atoms with Crippen molar-refractivity contribution in [3.63, 3.8) is 0 Å². The minimum Gasteiger partial charge on any atom is -0.258 e. The lowest BCUT2D eigenvalue weighted by molar-refractivity contribution is -0.383. The highest BCUT2D eigenvalue weighted by Crippen LogP contribution is 2.32. The van der Waals surface area contributed by atoms with Crippen LogP contribution >= 0.6 is 15.9 Å².